The van der Waals surface area contributed by atoms with E-state index >= 15 is 0 Å². The number of hydrogen-bond acceptors (Lipinski definition) is 3. The van der Waals surface area contributed by atoms with Gasteiger partial charge in [0.25, 0.3) is 17.7 Å². The molecule has 1 saturated heterocycles. The van der Waals surface area contributed by atoms with Crippen LogP contribution >= 0.6 is 11.6 Å². The van der Waals surface area contributed by atoms with E-state index in [1.165, 1.54) is 5.01 Å². The van der Waals surface area contributed by atoms with Gasteiger partial charge in [0, 0.05) is 0 Å². The summed E-state index contributed by atoms with van der Waals surface area (Å²) >= 11 is 6.23. The number of carbonyl (C=O) groups excluding carboxylic acids is 3. The van der Waals surface area contributed by atoms with Crippen LogP contribution in [0.3, 0.4) is 0 Å². The average molecular weight is 397 g/mol. The van der Waals surface area contributed by atoms with Gasteiger partial charge in [-0.05, 0) is 30.5 Å². The van der Waals surface area contributed by atoms with Crippen molar-refractivity contribution in [2.75, 3.05) is 0 Å². The van der Waals surface area contributed by atoms with Crippen LogP contribution in [0.1, 0.15) is 41.6 Å². The highest BCUT2D eigenvalue weighted by Crippen LogP contribution is 2.39. The van der Waals surface area contributed by atoms with Gasteiger partial charge >= 0.3 is 0 Å². The number of halogens is 1. The Bertz CT molecular complexity index is 891. The molecule has 28 heavy (non-hydrogen) atoms. The fourth-order valence-electron chi connectivity index (χ4n) is 4.15. The molecule has 1 aliphatic carbocycles. The first-order chi connectivity index (χ1) is 13.6. The van der Waals surface area contributed by atoms with E-state index in [9.17, 15) is 14.4 Å². The van der Waals surface area contributed by atoms with Crippen molar-refractivity contribution >= 4 is 29.3 Å². The van der Waals surface area contributed by atoms with Gasteiger partial charge in [-0.25, -0.2) is 5.01 Å². The maximum atomic E-state index is 13.3. The van der Waals surface area contributed by atoms with E-state index in [0.29, 0.717) is 17.9 Å². The number of amides is 3. The summed E-state index contributed by atoms with van der Waals surface area (Å²) in [5.74, 6) is -1.64. The van der Waals surface area contributed by atoms with Gasteiger partial charge in [-0.3, -0.25) is 14.4 Å². The van der Waals surface area contributed by atoms with Gasteiger partial charge in [0.05, 0.1) is 29.0 Å². The topological polar surface area (TPSA) is 57.7 Å². The Labute approximate surface area is 168 Å². The number of fused-ring (bicyclic) bond motifs is 1. The van der Waals surface area contributed by atoms with Crippen molar-refractivity contribution in [1.29, 1.82) is 0 Å². The summed E-state index contributed by atoms with van der Waals surface area (Å²) in [4.78, 5) is 39.5. The van der Waals surface area contributed by atoms with Crippen LogP contribution in [0.15, 0.2) is 54.6 Å². The van der Waals surface area contributed by atoms with Crippen molar-refractivity contribution in [3.63, 3.8) is 0 Å². The lowest BCUT2D eigenvalue weighted by atomic mass is 9.81. The zero-order chi connectivity index (χ0) is 19.7. The SMILES string of the molecule is O=C(c1ccccc1Cl)N(Cc1ccccc1)N1C(=O)[C@@H]2CCCC[C@H]2C1=O. The predicted molar refractivity (Wildman–Crippen MR) is 105 cm³/mol. The zero-order valence-corrected chi connectivity index (χ0v) is 16.1. The third-order valence-electron chi connectivity index (χ3n) is 5.57. The van der Waals surface area contributed by atoms with Crippen LogP contribution in [0.2, 0.25) is 5.02 Å². The van der Waals surface area contributed by atoms with Crippen LogP contribution in [0.4, 0.5) is 0 Å². The average Bonchev–Trinajstić information content (AvgIpc) is 2.98. The molecule has 4 rings (SSSR count). The molecule has 2 aromatic rings. The van der Waals surface area contributed by atoms with E-state index in [0.717, 1.165) is 23.4 Å². The third-order valence-corrected chi connectivity index (χ3v) is 5.90. The van der Waals surface area contributed by atoms with Crippen LogP contribution < -0.4 is 0 Å². The third kappa shape index (κ3) is 3.31. The van der Waals surface area contributed by atoms with E-state index in [4.69, 9.17) is 11.6 Å². The highest BCUT2D eigenvalue weighted by Gasteiger charge is 2.51. The van der Waals surface area contributed by atoms with Crippen molar-refractivity contribution in [3.05, 3.63) is 70.7 Å². The van der Waals surface area contributed by atoms with Crippen LogP contribution in [-0.2, 0) is 16.1 Å². The molecule has 2 atom stereocenters. The van der Waals surface area contributed by atoms with Crippen molar-refractivity contribution in [2.24, 2.45) is 11.8 Å². The van der Waals surface area contributed by atoms with Gasteiger partial charge < -0.3 is 0 Å². The minimum atomic E-state index is -0.449. The Morgan fingerprint density at radius 3 is 2.11 bits per heavy atom. The minimum absolute atomic E-state index is 0.127. The van der Waals surface area contributed by atoms with E-state index in [2.05, 4.69) is 0 Å². The van der Waals surface area contributed by atoms with Crippen LogP contribution in [0, 0.1) is 11.8 Å². The lowest BCUT2D eigenvalue weighted by molar-refractivity contribution is -0.155. The van der Waals surface area contributed by atoms with Gasteiger partial charge in [0.15, 0.2) is 0 Å². The molecule has 2 aliphatic rings. The molecule has 0 unspecified atom stereocenters. The second-order valence-electron chi connectivity index (χ2n) is 7.31. The Balaban J connectivity index is 1.72. The zero-order valence-electron chi connectivity index (χ0n) is 15.4. The molecule has 6 heteroatoms. The molecule has 0 bridgehead atoms. The molecule has 0 spiro atoms. The van der Waals surface area contributed by atoms with Gasteiger partial charge in [0.1, 0.15) is 0 Å². The minimum Gasteiger partial charge on any atom is -0.272 e. The molecule has 2 fully saturated rings. The first-order valence-electron chi connectivity index (χ1n) is 9.56. The fourth-order valence-corrected chi connectivity index (χ4v) is 4.36. The van der Waals surface area contributed by atoms with Crippen molar-refractivity contribution in [3.8, 4) is 0 Å². The summed E-state index contributed by atoms with van der Waals surface area (Å²) in [7, 11) is 0. The van der Waals surface area contributed by atoms with Crippen molar-refractivity contribution in [2.45, 2.75) is 32.2 Å². The summed E-state index contributed by atoms with van der Waals surface area (Å²) in [6.07, 6.45) is 3.27. The Morgan fingerprint density at radius 2 is 1.50 bits per heavy atom. The molecule has 3 amide bonds. The number of nitrogens with zero attached hydrogens (tertiary/aromatic N) is 2. The van der Waals surface area contributed by atoms with E-state index in [1.807, 2.05) is 30.3 Å². The predicted octanol–water partition coefficient (Wildman–Crippen LogP) is 4.07. The smallest absolute Gasteiger partial charge is 0.272 e. The largest absolute Gasteiger partial charge is 0.274 e. The lowest BCUT2D eigenvalue weighted by Crippen LogP contribution is -2.49. The maximum absolute atomic E-state index is 13.3. The maximum Gasteiger partial charge on any atom is 0.274 e. The highest BCUT2D eigenvalue weighted by atomic mass is 35.5. The van der Waals surface area contributed by atoms with Crippen molar-refractivity contribution < 1.29 is 14.4 Å². The molecule has 1 heterocycles. The quantitative estimate of drug-likeness (QED) is 0.732. The van der Waals surface area contributed by atoms with E-state index < -0.39 is 5.91 Å². The molecular weight excluding hydrogens is 376 g/mol. The highest BCUT2D eigenvalue weighted by molar-refractivity contribution is 6.33. The molecule has 0 N–H and O–H groups in total. The fraction of sp³-hybridized carbons (Fsp3) is 0.318. The van der Waals surface area contributed by atoms with Gasteiger partial charge in [-0.2, -0.15) is 5.01 Å². The molecule has 2 aromatic carbocycles. The van der Waals surface area contributed by atoms with Crippen LogP contribution in [0.25, 0.3) is 0 Å². The number of benzene rings is 2. The van der Waals surface area contributed by atoms with Gasteiger partial charge in [0.2, 0.25) is 0 Å². The monoisotopic (exact) mass is 396 g/mol. The molecule has 1 aliphatic heterocycles. The Kier molecular flexibility index (Phi) is 5.18. The summed E-state index contributed by atoms with van der Waals surface area (Å²) in [5, 5.41) is 2.64. The molecule has 0 aromatic heterocycles. The standard InChI is InChI=1S/C22H21ClN2O3/c23-19-13-7-6-12-18(19)20(26)24(14-15-8-2-1-3-9-15)25-21(27)16-10-4-5-11-17(16)22(25)28/h1-3,6-9,12-13,16-17H,4-5,10-11,14H2/t16-,17-/m1/s1. The molecule has 144 valence electrons. The number of carbonyl (C=O) groups is 3. The number of imide groups is 1. The second-order valence-corrected chi connectivity index (χ2v) is 7.72. The normalized spacial score (nSPS) is 21.5. The lowest BCUT2D eigenvalue weighted by Gasteiger charge is -2.31. The first-order valence-corrected chi connectivity index (χ1v) is 9.94. The second kappa shape index (κ2) is 7.76. The molecule has 5 nitrogen and oxygen atoms in total. The van der Waals surface area contributed by atoms with Crippen LogP contribution in [0.5, 0.6) is 0 Å². The molecule has 0 radical (unpaired) electrons. The van der Waals surface area contributed by atoms with Crippen molar-refractivity contribution in [1.82, 2.24) is 10.0 Å². The van der Waals surface area contributed by atoms with E-state index in [-0.39, 0.29) is 35.8 Å². The summed E-state index contributed by atoms with van der Waals surface area (Å²) in [6, 6.07) is 16.0. The van der Waals surface area contributed by atoms with Gasteiger partial charge in [-0.15, -0.1) is 0 Å². The Morgan fingerprint density at radius 1 is 0.929 bits per heavy atom. The molecule has 1 saturated carbocycles. The summed E-state index contributed by atoms with van der Waals surface area (Å²) in [5.41, 5.74) is 1.11. The Hall–Kier alpha value is -2.66. The summed E-state index contributed by atoms with van der Waals surface area (Å²) in [6.45, 7) is 0.127. The number of rotatable bonds is 4. The van der Waals surface area contributed by atoms with Gasteiger partial charge in [-0.1, -0.05) is 66.9 Å². The first kappa shape index (κ1) is 18.7. The number of hydrazine groups is 1. The summed E-state index contributed by atoms with van der Waals surface area (Å²) < 4.78 is 0. The molecular formula is C22H21ClN2O3. The van der Waals surface area contributed by atoms with E-state index in [1.54, 1.807) is 24.3 Å². The number of hydrogen-bond donors (Lipinski definition) is 0. The van der Waals surface area contributed by atoms with Crippen LogP contribution in [-0.4, -0.2) is 27.7 Å².